The number of hydrogen-bond acceptors (Lipinski definition) is 5. The summed E-state index contributed by atoms with van der Waals surface area (Å²) < 4.78 is 24.8. The van der Waals surface area contributed by atoms with E-state index >= 15 is 0 Å². The number of amides is 1. The number of sulfone groups is 1. The molecule has 8 heteroatoms. The van der Waals surface area contributed by atoms with Crippen LogP contribution in [0.1, 0.15) is 50.0 Å². The van der Waals surface area contributed by atoms with Gasteiger partial charge >= 0.3 is 0 Å². The SMILES string of the molecule is CCCCN(C(=O)c1ccc(=O)n(CCC)n1)C1CCS(=O)(=O)C1. The quantitative estimate of drug-likeness (QED) is 0.730. The first kappa shape index (κ1) is 18.6. The van der Waals surface area contributed by atoms with Gasteiger partial charge in [0, 0.05) is 25.2 Å². The molecule has 1 aromatic rings. The molecule has 1 atom stereocenters. The minimum Gasteiger partial charge on any atom is -0.333 e. The van der Waals surface area contributed by atoms with Gasteiger partial charge in [0.05, 0.1) is 11.5 Å². The summed E-state index contributed by atoms with van der Waals surface area (Å²) in [6.07, 6.45) is 2.92. The van der Waals surface area contributed by atoms with Crippen LogP contribution in [0.15, 0.2) is 16.9 Å². The molecule has 2 rings (SSSR count). The van der Waals surface area contributed by atoms with Crippen LogP contribution in [0.2, 0.25) is 0 Å². The number of unbranched alkanes of at least 4 members (excludes halogenated alkanes) is 1. The van der Waals surface area contributed by atoms with Crippen LogP contribution < -0.4 is 5.56 Å². The zero-order valence-electron chi connectivity index (χ0n) is 14.3. The summed E-state index contributed by atoms with van der Waals surface area (Å²) >= 11 is 0. The van der Waals surface area contributed by atoms with Crippen LogP contribution in [-0.4, -0.2) is 53.1 Å². The van der Waals surface area contributed by atoms with Gasteiger partial charge in [-0.1, -0.05) is 20.3 Å². The molecule has 0 aliphatic carbocycles. The summed E-state index contributed by atoms with van der Waals surface area (Å²) in [5.41, 5.74) is -0.0413. The Bertz CT molecular complexity index is 742. The van der Waals surface area contributed by atoms with E-state index in [1.54, 1.807) is 4.90 Å². The van der Waals surface area contributed by atoms with Gasteiger partial charge in [-0.2, -0.15) is 5.10 Å². The van der Waals surface area contributed by atoms with Crippen molar-refractivity contribution in [3.05, 3.63) is 28.2 Å². The van der Waals surface area contributed by atoms with E-state index in [1.807, 2.05) is 13.8 Å². The molecule has 2 heterocycles. The summed E-state index contributed by atoms with van der Waals surface area (Å²) in [5, 5.41) is 4.16. The average molecular weight is 355 g/mol. The highest BCUT2D eigenvalue weighted by Gasteiger charge is 2.35. The largest absolute Gasteiger partial charge is 0.333 e. The predicted octanol–water partition coefficient (Wildman–Crippen LogP) is 1.08. The second kappa shape index (κ2) is 7.92. The molecule has 7 nitrogen and oxygen atoms in total. The van der Waals surface area contributed by atoms with Crippen molar-refractivity contribution < 1.29 is 13.2 Å². The lowest BCUT2D eigenvalue weighted by Gasteiger charge is -2.28. The summed E-state index contributed by atoms with van der Waals surface area (Å²) in [4.78, 5) is 26.3. The highest BCUT2D eigenvalue weighted by molar-refractivity contribution is 7.91. The Balaban J connectivity index is 2.27. The number of aryl methyl sites for hydroxylation is 1. The van der Waals surface area contributed by atoms with Crippen LogP contribution in [-0.2, 0) is 16.4 Å². The topological polar surface area (TPSA) is 89.3 Å². The summed E-state index contributed by atoms with van der Waals surface area (Å²) in [7, 11) is -3.07. The molecular formula is C16H25N3O4S. The van der Waals surface area contributed by atoms with Gasteiger partial charge in [-0.25, -0.2) is 13.1 Å². The van der Waals surface area contributed by atoms with Crippen molar-refractivity contribution in [2.75, 3.05) is 18.1 Å². The van der Waals surface area contributed by atoms with E-state index in [4.69, 9.17) is 0 Å². The van der Waals surface area contributed by atoms with Crippen molar-refractivity contribution in [3.63, 3.8) is 0 Å². The Hall–Kier alpha value is -1.70. The third-order valence-corrected chi connectivity index (χ3v) is 5.93. The van der Waals surface area contributed by atoms with Crippen molar-refractivity contribution in [2.24, 2.45) is 0 Å². The van der Waals surface area contributed by atoms with Gasteiger partial charge in [-0.15, -0.1) is 0 Å². The maximum absolute atomic E-state index is 12.9. The lowest BCUT2D eigenvalue weighted by atomic mass is 10.1. The second-order valence-corrected chi connectivity index (χ2v) is 8.42. The maximum atomic E-state index is 12.9. The molecule has 1 unspecified atom stereocenters. The smallest absolute Gasteiger partial charge is 0.274 e. The fraction of sp³-hybridized carbons (Fsp3) is 0.688. The minimum absolute atomic E-state index is 0.0110. The number of rotatable bonds is 7. The van der Waals surface area contributed by atoms with Gasteiger partial charge in [-0.3, -0.25) is 9.59 Å². The molecule has 1 fully saturated rings. The monoisotopic (exact) mass is 355 g/mol. The van der Waals surface area contributed by atoms with Crippen LogP contribution in [0.5, 0.6) is 0 Å². The number of carbonyl (C=O) groups excluding carboxylic acids is 1. The Kier molecular flexibility index (Phi) is 6.15. The number of carbonyl (C=O) groups is 1. The van der Waals surface area contributed by atoms with E-state index in [0.717, 1.165) is 19.3 Å². The van der Waals surface area contributed by atoms with E-state index < -0.39 is 9.84 Å². The molecule has 1 saturated heterocycles. The lowest BCUT2D eigenvalue weighted by molar-refractivity contribution is 0.0685. The Morgan fingerprint density at radius 1 is 1.33 bits per heavy atom. The number of aromatic nitrogens is 2. The third-order valence-electron chi connectivity index (χ3n) is 4.18. The molecule has 0 aromatic carbocycles. The van der Waals surface area contributed by atoms with Gasteiger partial charge in [-0.05, 0) is 25.3 Å². The fourth-order valence-corrected chi connectivity index (χ4v) is 4.61. The summed E-state index contributed by atoms with van der Waals surface area (Å²) in [6, 6.07) is 2.47. The molecule has 0 N–H and O–H groups in total. The van der Waals surface area contributed by atoms with Gasteiger partial charge in [0.15, 0.2) is 9.84 Å². The van der Waals surface area contributed by atoms with Crippen LogP contribution in [0.4, 0.5) is 0 Å². The van der Waals surface area contributed by atoms with E-state index in [-0.39, 0.29) is 34.7 Å². The highest BCUT2D eigenvalue weighted by atomic mass is 32.2. The molecule has 24 heavy (non-hydrogen) atoms. The van der Waals surface area contributed by atoms with Crippen LogP contribution in [0.25, 0.3) is 0 Å². The van der Waals surface area contributed by atoms with Gasteiger partial charge in [0.25, 0.3) is 11.5 Å². The normalized spacial score (nSPS) is 19.3. The molecule has 1 aliphatic rings. The molecule has 0 spiro atoms. The van der Waals surface area contributed by atoms with E-state index in [1.165, 1.54) is 16.8 Å². The average Bonchev–Trinajstić information content (AvgIpc) is 2.90. The van der Waals surface area contributed by atoms with E-state index in [9.17, 15) is 18.0 Å². The van der Waals surface area contributed by atoms with E-state index in [2.05, 4.69) is 5.10 Å². The highest BCUT2D eigenvalue weighted by Crippen LogP contribution is 2.20. The standard InChI is InChI=1S/C16H25N3O4S/c1-3-5-10-18(13-8-11-24(22,23)12-13)16(21)14-6-7-15(20)19(17-14)9-4-2/h6-7,13H,3-5,8-12H2,1-2H3. The van der Waals surface area contributed by atoms with Crippen molar-refractivity contribution in [3.8, 4) is 0 Å². The molecule has 134 valence electrons. The summed E-state index contributed by atoms with van der Waals surface area (Å²) in [5.74, 6) is -0.164. The minimum atomic E-state index is -3.07. The van der Waals surface area contributed by atoms with Crippen LogP contribution in [0.3, 0.4) is 0 Å². The van der Waals surface area contributed by atoms with Crippen molar-refractivity contribution in [2.45, 2.75) is 52.1 Å². The predicted molar refractivity (Wildman–Crippen MR) is 91.8 cm³/mol. The number of nitrogens with zero attached hydrogens (tertiary/aromatic N) is 3. The van der Waals surface area contributed by atoms with E-state index in [0.29, 0.717) is 19.5 Å². The second-order valence-electron chi connectivity index (χ2n) is 6.19. The van der Waals surface area contributed by atoms with Crippen molar-refractivity contribution in [1.29, 1.82) is 0 Å². The maximum Gasteiger partial charge on any atom is 0.274 e. The van der Waals surface area contributed by atoms with Gasteiger partial charge < -0.3 is 4.90 Å². The van der Waals surface area contributed by atoms with Crippen molar-refractivity contribution in [1.82, 2.24) is 14.7 Å². The molecule has 1 aliphatic heterocycles. The van der Waals surface area contributed by atoms with Gasteiger partial charge in [0.1, 0.15) is 5.69 Å². The molecule has 0 radical (unpaired) electrons. The Morgan fingerprint density at radius 3 is 2.67 bits per heavy atom. The third kappa shape index (κ3) is 4.43. The molecule has 0 saturated carbocycles. The molecular weight excluding hydrogens is 330 g/mol. The first-order valence-electron chi connectivity index (χ1n) is 8.47. The first-order valence-corrected chi connectivity index (χ1v) is 10.3. The molecule has 0 bridgehead atoms. The first-order chi connectivity index (χ1) is 11.4. The fourth-order valence-electron chi connectivity index (χ4n) is 2.88. The summed E-state index contributed by atoms with van der Waals surface area (Å²) in [6.45, 7) is 4.91. The van der Waals surface area contributed by atoms with Gasteiger partial charge in [0.2, 0.25) is 0 Å². The van der Waals surface area contributed by atoms with Crippen LogP contribution >= 0.6 is 0 Å². The number of hydrogen-bond donors (Lipinski definition) is 0. The lowest BCUT2D eigenvalue weighted by Crippen LogP contribution is -2.42. The van der Waals surface area contributed by atoms with Crippen LogP contribution in [0, 0.1) is 0 Å². The molecule has 1 amide bonds. The van der Waals surface area contributed by atoms with Crippen molar-refractivity contribution >= 4 is 15.7 Å². The zero-order valence-corrected chi connectivity index (χ0v) is 15.1. The Labute approximate surface area is 142 Å². The molecule has 1 aromatic heterocycles. The Morgan fingerprint density at radius 2 is 2.08 bits per heavy atom. The zero-order chi connectivity index (χ0) is 17.7.